The van der Waals surface area contributed by atoms with Gasteiger partial charge in [0.1, 0.15) is 0 Å². The second-order valence-electron chi connectivity index (χ2n) is 3.97. The Morgan fingerprint density at radius 1 is 1.54 bits per heavy atom. The normalized spacial score (nSPS) is 20.8. The summed E-state index contributed by atoms with van der Waals surface area (Å²) < 4.78 is 5.61. The smallest absolute Gasteiger partial charge is 0.217 e. The van der Waals surface area contributed by atoms with Crippen molar-refractivity contribution >= 4 is 5.91 Å². The van der Waals surface area contributed by atoms with Gasteiger partial charge >= 0.3 is 0 Å². The summed E-state index contributed by atoms with van der Waals surface area (Å²) in [6, 6.07) is 0.108. The Balaban J connectivity index is 2.11. The van der Waals surface area contributed by atoms with E-state index < -0.39 is 0 Å². The fourth-order valence-corrected chi connectivity index (χ4v) is 1.15. The molecule has 0 radical (unpaired) electrons. The molecule has 0 saturated heterocycles. The molecule has 1 aliphatic rings. The van der Waals surface area contributed by atoms with Gasteiger partial charge in [-0.15, -0.1) is 0 Å². The van der Waals surface area contributed by atoms with Crippen molar-refractivity contribution in [1.82, 2.24) is 5.32 Å². The predicted molar refractivity (Wildman–Crippen MR) is 51.4 cm³/mol. The molecule has 1 fully saturated rings. The van der Waals surface area contributed by atoms with E-state index in [9.17, 15) is 4.79 Å². The molecule has 2 unspecified atom stereocenters. The second kappa shape index (κ2) is 4.61. The number of nitrogens with one attached hydrogen (secondary N) is 1. The Morgan fingerprint density at radius 3 is 2.62 bits per heavy atom. The molecule has 3 nitrogen and oxygen atoms in total. The summed E-state index contributed by atoms with van der Waals surface area (Å²) in [5.74, 6) is 0.793. The zero-order chi connectivity index (χ0) is 9.84. The van der Waals surface area contributed by atoms with Gasteiger partial charge in [0.25, 0.3) is 0 Å². The molecule has 0 aromatic rings. The number of ether oxygens (including phenoxy) is 1. The number of carbonyl (C=O) groups excluding carboxylic acids is 1. The summed E-state index contributed by atoms with van der Waals surface area (Å²) in [4.78, 5) is 10.7. The van der Waals surface area contributed by atoms with Gasteiger partial charge < -0.3 is 10.1 Å². The van der Waals surface area contributed by atoms with E-state index in [1.807, 2.05) is 13.8 Å². The van der Waals surface area contributed by atoms with E-state index in [2.05, 4.69) is 5.32 Å². The van der Waals surface area contributed by atoms with E-state index in [0.717, 1.165) is 12.5 Å². The van der Waals surface area contributed by atoms with Gasteiger partial charge in [0.2, 0.25) is 5.91 Å². The lowest BCUT2D eigenvalue weighted by Gasteiger charge is -2.20. The van der Waals surface area contributed by atoms with Gasteiger partial charge in [-0.05, 0) is 32.6 Å². The fraction of sp³-hybridized carbons (Fsp3) is 0.900. The molecule has 0 aliphatic heterocycles. The van der Waals surface area contributed by atoms with E-state index in [1.165, 1.54) is 19.8 Å². The fourth-order valence-electron chi connectivity index (χ4n) is 1.15. The first-order valence-electron chi connectivity index (χ1n) is 4.98. The van der Waals surface area contributed by atoms with Crippen LogP contribution < -0.4 is 5.32 Å². The summed E-state index contributed by atoms with van der Waals surface area (Å²) in [5.41, 5.74) is 0. The highest BCUT2D eigenvalue weighted by Crippen LogP contribution is 2.29. The Hall–Kier alpha value is -0.570. The molecule has 1 rings (SSSR count). The first kappa shape index (κ1) is 10.5. The van der Waals surface area contributed by atoms with Crippen LogP contribution >= 0.6 is 0 Å². The average Bonchev–Trinajstić information content (AvgIpc) is 2.81. The van der Waals surface area contributed by atoms with Gasteiger partial charge in [-0.1, -0.05) is 0 Å². The highest BCUT2D eigenvalue weighted by molar-refractivity contribution is 5.73. The van der Waals surface area contributed by atoms with E-state index in [1.54, 1.807) is 0 Å². The molecule has 13 heavy (non-hydrogen) atoms. The Morgan fingerprint density at radius 2 is 2.15 bits per heavy atom. The molecule has 0 spiro atoms. The molecule has 76 valence electrons. The van der Waals surface area contributed by atoms with Crippen LogP contribution in [0.3, 0.4) is 0 Å². The van der Waals surface area contributed by atoms with E-state index in [0.29, 0.717) is 0 Å². The molecule has 0 heterocycles. The lowest BCUT2D eigenvalue weighted by Crippen LogP contribution is -2.40. The Bertz CT molecular complexity index is 178. The first-order chi connectivity index (χ1) is 6.09. The Labute approximate surface area is 79.8 Å². The maximum Gasteiger partial charge on any atom is 0.217 e. The first-order valence-corrected chi connectivity index (χ1v) is 4.98. The summed E-state index contributed by atoms with van der Waals surface area (Å²) in [6.07, 6.45) is 2.73. The molecule has 1 saturated carbocycles. The highest BCUT2D eigenvalue weighted by atomic mass is 16.5. The maximum absolute atomic E-state index is 10.7. The molecular formula is C10H19NO2. The number of amides is 1. The quantitative estimate of drug-likeness (QED) is 0.701. The predicted octanol–water partition coefficient (Wildman–Crippen LogP) is 1.33. The summed E-state index contributed by atoms with van der Waals surface area (Å²) in [6.45, 7) is 6.36. The summed E-state index contributed by atoms with van der Waals surface area (Å²) in [5, 5.41) is 2.82. The van der Waals surface area contributed by atoms with Gasteiger partial charge in [-0.2, -0.15) is 0 Å². The van der Waals surface area contributed by atoms with Gasteiger partial charge in [0, 0.05) is 13.5 Å². The second-order valence-corrected chi connectivity index (χ2v) is 3.97. The third-order valence-corrected chi connectivity index (χ3v) is 2.43. The molecule has 2 atom stereocenters. The van der Waals surface area contributed by atoms with Crippen molar-refractivity contribution in [2.24, 2.45) is 5.92 Å². The van der Waals surface area contributed by atoms with Crippen LogP contribution in [0.2, 0.25) is 0 Å². The van der Waals surface area contributed by atoms with Crippen molar-refractivity contribution in [3.63, 3.8) is 0 Å². The van der Waals surface area contributed by atoms with Crippen molar-refractivity contribution in [1.29, 1.82) is 0 Å². The third kappa shape index (κ3) is 4.27. The van der Waals surface area contributed by atoms with Crippen LogP contribution in [0.15, 0.2) is 0 Å². The molecule has 3 heteroatoms. The van der Waals surface area contributed by atoms with Gasteiger partial charge in [0.15, 0.2) is 0 Å². The van der Waals surface area contributed by atoms with Crippen LogP contribution in [0, 0.1) is 5.92 Å². The zero-order valence-corrected chi connectivity index (χ0v) is 8.67. The summed E-state index contributed by atoms with van der Waals surface area (Å²) >= 11 is 0. The van der Waals surface area contributed by atoms with Crippen molar-refractivity contribution in [3.8, 4) is 0 Å². The monoisotopic (exact) mass is 185 g/mol. The molecule has 0 aromatic heterocycles. The molecule has 1 N–H and O–H groups in total. The zero-order valence-electron chi connectivity index (χ0n) is 8.67. The highest BCUT2D eigenvalue weighted by Gasteiger charge is 2.23. The standard InChI is InChI=1S/C10H19NO2/c1-7(11-9(3)12)8(2)13-6-10-4-5-10/h7-8,10H,4-6H2,1-3H3,(H,11,12). The van der Waals surface area contributed by atoms with E-state index in [-0.39, 0.29) is 18.1 Å². The van der Waals surface area contributed by atoms with Crippen LogP contribution in [0.5, 0.6) is 0 Å². The molecule has 0 aromatic carbocycles. The van der Waals surface area contributed by atoms with Crippen molar-refractivity contribution < 1.29 is 9.53 Å². The van der Waals surface area contributed by atoms with Crippen molar-refractivity contribution in [3.05, 3.63) is 0 Å². The average molecular weight is 185 g/mol. The minimum atomic E-state index is 0.00868. The topological polar surface area (TPSA) is 38.3 Å². The minimum absolute atomic E-state index is 0.00868. The number of carbonyl (C=O) groups is 1. The Kier molecular flexibility index (Phi) is 3.72. The minimum Gasteiger partial charge on any atom is -0.376 e. The van der Waals surface area contributed by atoms with Crippen LogP contribution in [0.25, 0.3) is 0 Å². The summed E-state index contributed by atoms with van der Waals surface area (Å²) in [7, 11) is 0. The lowest BCUT2D eigenvalue weighted by atomic mass is 10.2. The number of rotatable bonds is 5. The molecular weight excluding hydrogens is 166 g/mol. The number of hydrogen-bond donors (Lipinski definition) is 1. The van der Waals surface area contributed by atoms with Crippen LogP contribution in [0.1, 0.15) is 33.6 Å². The van der Waals surface area contributed by atoms with Crippen LogP contribution in [-0.4, -0.2) is 24.7 Å². The third-order valence-electron chi connectivity index (χ3n) is 2.43. The maximum atomic E-state index is 10.7. The number of hydrogen-bond acceptors (Lipinski definition) is 2. The van der Waals surface area contributed by atoms with E-state index >= 15 is 0 Å². The molecule has 0 bridgehead atoms. The largest absolute Gasteiger partial charge is 0.376 e. The SMILES string of the molecule is CC(=O)NC(C)C(C)OCC1CC1. The van der Waals surface area contributed by atoms with Crippen LogP contribution in [-0.2, 0) is 9.53 Å². The lowest BCUT2D eigenvalue weighted by molar-refractivity contribution is -0.120. The van der Waals surface area contributed by atoms with Crippen molar-refractivity contribution in [2.75, 3.05) is 6.61 Å². The van der Waals surface area contributed by atoms with E-state index in [4.69, 9.17) is 4.74 Å². The van der Waals surface area contributed by atoms with Gasteiger partial charge in [0.05, 0.1) is 12.1 Å². The van der Waals surface area contributed by atoms with Gasteiger partial charge in [-0.25, -0.2) is 0 Å². The van der Waals surface area contributed by atoms with Crippen LogP contribution in [0.4, 0.5) is 0 Å². The van der Waals surface area contributed by atoms with Crippen molar-refractivity contribution in [2.45, 2.75) is 45.8 Å². The molecule has 1 amide bonds. The van der Waals surface area contributed by atoms with Gasteiger partial charge in [-0.3, -0.25) is 4.79 Å². The molecule has 1 aliphatic carbocycles.